The highest BCUT2D eigenvalue weighted by molar-refractivity contribution is 5.92. The number of methoxy groups -OCH3 is 1. The molecule has 0 radical (unpaired) electrons. The normalized spacial score (nSPS) is 13.2. The minimum absolute atomic E-state index is 0.195. The number of amides is 1. The third kappa shape index (κ3) is 3.25. The van der Waals surface area contributed by atoms with Crippen LogP contribution in [0.25, 0.3) is 5.78 Å². The van der Waals surface area contributed by atoms with Gasteiger partial charge in [-0.05, 0) is 48.4 Å². The Morgan fingerprint density at radius 1 is 1.26 bits per heavy atom. The van der Waals surface area contributed by atoms with Gasteiger partial charge in [0.1, 0.15) is 17.8 Å². The van der Waals surface area contributed by atoms with Crippen LogP contribution < -0.4 is 10.1 Å². The molecular weight excluding hydrogens is 342 g/mol. The quantitative estimate of drug-likeness (QED) is 0.752. The predicted molar refractivity (Wildman–Crippen MR) is 101 cm³/mol. The zero-order chi connectivity index (χ0) is 19.0. The van der Waals surface area contributed by atoms with Crippen LogP contribution in [0.1, 0.15) is 59.1 Å². The maximum absolute atomic E-state index is 12.7. The fourth-order valence-corrected chi connectivity index (χ4v) is 3.61. The molecule has 0 unspecified atom stereocenters. The van der Waals surface area contributed by atoms with E-state index in [0.717, 1.165) is 29.8 Å². The molecule has 1 amide bonds. The summed E-state index contributed by atoms with van der Waals surface area (Å²) in [5, 5.41) is 7.15. The molecule has 0 fully saturated rings. The standard InChI is InChI=1S/C20H23N5O2/c1-12(2)17-9-16(24-20-22-11-23-25(17)20)19(26)21-10-15-7-13-5-4-6-14(13)8-18(15)27-3/h7-9,11-12H,4-6,10H2,1-3H3,(H,21,26). The molecule has 27 heavy (non-hydrogen) atoms. The Morgan fingerprint density at radius 3 is 2.78 bits per heavy atom. The number of fused-ring (bicyclic) bond motifs is 2. The van der Waals surface area contributed by atoms with E-state index in [1.54, 1.807) is 17.7 Å². The van der Waals surface area contributed by atoms with Crippen LogP contribution in [-0.4, -0.2) is 32.6 Å². The van der Waals surface area contributed by atoms with Gasteiger partial charge in [-0.2, -0.15) is 10.1 Å². The Balaban J connectivity index is 1.58. The molecule has 2 heterocycles. The fraction of sp³-hybridized carbons (Fsp3) is 0.400. The smallest absolute Gasteiger partial charge is 0.270 e. The number of ether oxygens (including phenoxy) is 1. The van der Waals surface area contributed by atoms with Gasteiger partial charge in [0.05, 0.1) is 12.8 Å². The number of benzene rings is 1. The monoisotopic (exact) mass is 365 g/mol. The van der Waals surface area contributed by atoms with E-state index >= 15 is 0 Å². The molecule has 1 aliphatic carbocycles. The summed E-state index contributed by atoms with van der Waals surface area (Å²) in [5.74, 6) is 1.21. The van der Waals surface area contributed by atoms with Crippen LogP contribution in [0.5, 0.6) is 5.75 Å². The lowest BCUT2D eigenvalue weighted by molar-refractivity contribution is 0.0945. The maximum atomic E-state index is 12.7. The van der Waals surface area contributed by atoms with Crippen LogP contribution in [0.4, 0.5) is 0 Å². The van der Waals surface area contributed by atoms with Crippen molar-refractivity contribution in [2.24, 2.45) is 0 Å². The molecule has 0 spiro atoms. The second-order valence-electron chi connectivity index (χ2n) is 7.16. The van der Waals surface area contributed by atoms with Crippen molar-refractivity contribution in [2.75, 3.05) is 7.11 Å². The van der Waals surface area contributed by atoms with Crippen molar-refractivity contribution in [1.82, 2.24) is 24.9 Å². The van der Waals surface area contributed by atoms with Gasteiger partial charge < -0.3 is 10.1 Å². The molecule has 0 atom stereocenters. The largest absolute Gasteiger partial charge is 0.496 e. The predicted octanol–water partition coefficient (Wildman–Crippen LogP) is 2.68. The van der Waals surface area contributed by atoms with E-state index < -0.39 is 0 Å². The highest BCUT2D eigenvalue weighted by Gasteiger charge is 2.18. The molecule has 7 nitrogen and oxygen atoms in total. The van der Waals surface area contributed by atoms with E-state index in [1.165, 1.54) is 23.9 Å². The minimum Gasteiger partial charge on any atom is -0.496 e. The first-order valence-corrected chi connectivity index (χ1v) is 9.24. The third-order valence-electron chi connectivity index (χ3n) is 5.04. The lowest BCUT2D eigenvalue weighted by Gasteiger charge is -2.13. The third-order valence-corrected chi connectivity index (χ3v) is 5.04. The SMILES string of the molecule is COc1cc2c(cc1CNC(=O)c1cc(C(C)C)n3ncnc3n1)CCC2. The molecule has 3 aromatic rings. The van der Waals surface area contributed by atoms with Crippen LogP contribution in [0.15, 0.2) is 24.5 Å². The Labute approximate surface area is 157 Å². The van der Waals surface area contributed by atoms with E-state index in [2.05, 4.69) is 32.5 Å². The van der Waals surface area contributed by atoms with Crippen LogP contribution in [0.3, 0.4) is 0 Å². The summed E-state index contributed by atoms with van der Waals surface area (Å²) in [5.41, 5.74) is 4.93. The highest BCUT2D eigenvalue weighted by atomic mass is 16.5. The highest BCUT2D eigenvalue weighted by Crippen LogP contribution is 2.29. The van der Waals surface area contributed by atoms with Gasteiger partial charge in [-0.25, -0.2) is 9.50 Å². The number of aromatic nitrogens is 4. The van der Waals surface area contributed by atoms with Crippen LogP contribution in [-0.2, 0) is 19.4 Å². The molecule has 0 bridgehead atoms. The number of carbonyl (C=O) groups is 1. The molecule has 140 valence electrons. The van der Waals surface area contributed by atoms with E-state index in [4.69, 9.17) is 4.74 Å². The van der Waals surface area contributed by atoms with Crippen molar-refractivity contribution >= 4 is 11.7 Å². The summed E-state index contributed by atoms with van der Waals surface area (Å²) in [6.07, 6.45) is 4.81. The fourth-order valence-electron chi connectivity index (χ4n) is 3.61. The van der Waals surface area contributed by atoms with Crippen molar-refractivity contribution in [3.05, 3.63) is 52.6 Å². The second-order valence-corrected chi connectivity index (χ2v) is 7.16. The first-order chi connectivity index (χ1) is 13.1. The summed E-state index contributed by atoms with van der Waals surface area (Å²) in [6, 6.07) is 6.03. The van der Waals surface area contributed by atoms with Gasteiger partial charge in [0, 0.05) is 12.1 Å². The van der Waals surface area contributed by atoms with E-state index in [9.17, 15) is 4.79 Å². The Hall–Kier alpha value is -2.96. The molecule has 1 aromatic carbocycles. The number of rotatable bonds is 5. The summed E-state index contributed by atoms with van der Waals surface area (Å²) in [7, 11) is 1.66. The minimum atomic E-state index is -0.232. The topological polar surface area (TPSA) is 81.4 Å². The molecule has 0 aliphatic heterocycles. The van der Waals surface area contributed by atoms with Crippen LogP contribution in [0.2, 0.25) is 0 Å². The molecule has 4 rings (SSSR count). The van der Waals surface area contributed by atoms with E-state index in [-0.39, 0.29) is 11.8 Å². The number of hydrogen-bond acceptors (Lipinski definition) is 5. The molecule has 7 heteroatoms. The Bertz CT molecular complexity index is 1010. The number of aryl methyl sites for hydroxylation is 2. The zero-order valence-electron chi connectivity index (χ0n) is 15.8. The van der Waals surface area contributed by atoms with Gasteiger partial charge in [-0.3, -0.25) is 4.79 Å². The summed E-state index contributed by atoms with van der Waals surface area (Å²) in [6.45, 7) is 4.49. The average Bonchev–Trinajstić information content (AvgIpc) is 3.32. The van der Waals surface area contributed by atoms with E-state index in [1.807, 2.05) is 13.8 Å². The van der Waals surface area contributed by atoms with Gasteiger partial charge in [-0.15, -0.1) is 0 Å². The lowest BCUT2D eigenvalue weighted by atomic mass is 10.0. The Kier molecular flexibility index (Phi) is 4.51. The van der Waals surface area contributed by atoms with Crippen molar-refractivity contribution in [1.29, 1.82) is 0 Å². The van der Waals surface area contributed by atoms with Crippen molar-refractivity contribution in [3.63, 3.8) is 0 Å². The number of nitrogens with one attached hydrogen (secondary N) is 1. The first-order valence-electron chi connectivity index (χ1n) is 9.24. The summed E-state index contributed by atoms with van der Waals surface area (Å²) < 4.78 is 7.19. The van der Waals surface area contributed by atoms with E-state index in [0.29, 0.717) is 18.0 Å². The molecule has 0 saturated heterocycles. The molecule has 2 aromatic heterocycles. The van der Waals surface area contributed by atoms with Crippen molar-refractivity contribution < 1.29 is 9.53 Å². The van der Waals surface area contributed by atoms with Crippen LogP contribution in [0, 0.1) is 0 Å². The molecule has 0 saturated carbocycles. The number of nitrogens with zero attached hydrogens (tertiary/aromatic N) is 4. The van der Waals surface area contributed by atoms with Crippen molar-refractivity contribution in [3.8, 4) is 5.75 Å². The second kappa shape index (κ2) is 6.98. The van der Waals surface area contributed by atoms with Gasteiger partial charge in [0.2, 0.25) is 0 Å². The summed E-state index contributed by atoms with van der Waals surface area (Å²) >= 11 is 0. The average molecular weight is 365 g/mol. The molecule has 1 N–H and O–H groups in total. The van der Waals surface area contributed by atoms with Gasteiger partial charge in [0.25, 0.3) is 11.7 Å². The first kappa shape index (κ1) is 17.5. The lowest BCUT2D eigenvalue weighted by Crippen LogP contribution is -2.25. The summed E-state index contributed by atoms with van der Waals surface area (Å²) in [4.78, 5) is 21.2. The maximum Gasteiger partial charge on any atom is 0.270 e. The number of carbonyl (C=O) groups excluding carboxylic acids is 1. The van der Waals surface area contributed by atoms with Crippen molar-refractivity contribution in [2.45, 2.75) is 45.6 Å². The molecule has 1 aliphatic rings. The van der Waals surface area contributed by atoms with Gasteiger partial charge >= 0.3 is 0 Å². The molecular formula is C20H23N5O2. The zero-order valence-corrected chi connectivity index (χ0v) is 15.8. The van der Waals surface area contributed by atoms with Crippen LogP contribution >= 0.6 is 0 Å². The van der Waals surface area contributed by atoms with Gasteiger partial charge in [0.15, 0.2) is 0 Å². The van der Waals surface area contributed by atoms with Gasteiger partial charge in [-0.1, -0.05) is 19.9 Å². The Morgan fingerprint density at radius 2 is 2.04 bits per heavy atom. The number of hydrogen-bond donors (Lipinski definition) is 1.